The van der Waals surface area contributed by atoms with Gasteiger partial charge in [0.1, 0.15) is 0 Å². The van der Waals surface area contributed by atoms with Gasteiger partial charge >= 0.3 is 0 Å². The highest BCUT2D eigenvalue weighted by molar-refractivity contribution is 6.30. The fourth-order valence-corrected chi connectivity index (χ4v) is 3.61. The Bertz CT molecular complexity index is 435. The average Bonchev–Trinajstić information content (AvgIpc) is 2.96. The SMILES string of the molecule is COC1CCCC1NC1CCc2cc(Cl)ccc21. The third-order valence-corrected chi connectivity index (χ3v) is 4.59. The maximum absolute atomic E-state index is 6.05. The van der Waals surface area contributed by atoms with E-state index in [9.17, 15) is 0 Å². The van der Waals surface area contributed by atoms with Crippen LogP contribution in [0.15, 0.2) is 18.2 Å². The van der Waals surface area contributed by atoms with Crippen molar-refractivity contribution >= 4 is 11.6 Å². The van der Waals surface area contributed by atoms with Gasteiger partial charge in [0.05, 0.1) is 6.10 Å². The predicted molar refractivity (Wildman–Crippen MR) is 74.1 cm³/mol. The van der Waals surface area contributed by atoms with Crippen molar-refractivity contribution < 1.29 is 4.74 Å². The van der Waals surface area contributed by atoms with Crippen molar-refractivity contribution in [2.24, 2.45) is 0 Å². The van der Waals surface area contributed by atoms with Gasteiger partial charge in [0.15, 0.2) is 0 Å². The zero-order chi connectivity index (χ0) is 12.5. The number of methoxy groups -OCH3 is 1. The maximum Gasteiger partial charge on any atom is 0.0724 e. The number of hydrogen-bond donors (Lipinski definition) is 1. The molecule has 2 aliphatic carbocycles. The van der Waals surface area contributed by atoms with Crippen molar-refractivity contribution in [1.82, 2.24) is 5.32 Å². The molecule has 1 aromatic carbocycles. The average molecular weight is 266 g/mol. The lowest BCUT2D eigenvalue weighted by atomic mass is 10.1. The molecule has 0 bridgehead atoms. The van der Waals surface area contributed by atoms with Crippen molar-refractivity contribution in [3.8, 4) is 0 Å². The Balaban J connectivity index is 1.73. The molecular formula is C15H20ClNO. The van der Waals surface area contributed by atoms with Gasteiger partial charge in [0.25, 0.3) is 0 Å². The number of nitrogens with one attached hydrogen (secondary N) is 1. The third-order valence-electron chi connectivity index (χ3n) is 4.35. The first kappa shape index (κ1) is 12.5. The molecule has 3 atom stereocenters. The first-order valence-electron chi connectivity index (χ1n) is 6.85. The molecule has 1 fully saturated rings. The molecule has 0 saturated heterocycles. The van der Waals surface area contributed by atoms with Crippen LogP contribution >= 0.6 is 11.6 Å². The molecule has 1 aromatic rings. The minimum Gasteiger partial charge on any atom is -0.380 e. The van der Waals surface area contributed by atoms with Crippen LogP contribution < -0.4 is 5.32 Å². The molecule has 3 unspecified atom stereocenters. The molecule has 0 amide bonds. The zero-order valence-corrected chi connectivity index (χ0v) is 11.5. The largest absolute Gasteiger partial charge is 0.380 e. The van der Waals surface area contributed by atoms with Crippen molar-refractivity contribution in [2.45, 2.75) is 50.3 Å². The molecule has 2 nitrogen and oxygen atoms in total. The lowest BCUT2D eigenvalue weighted by Gasteiger charge is -2.24. The van der Waals surface area contributed by atoms with Crippen LogP contribution in [0.3, 0.4) is 0 Å². The monoisotopic (exact) mass is 265 g/mol. The minimum atomic E-state index is 0.390. The van der Waals surface area contributed by atoms with Crippen LogP contribution in [-0.2, 0) is 11.2 Å². The molecule has 2 aliphatic rings. The third kappa shape index (κ3) is 2.29. The van der Waals surface area contributed by atoms with Crippen LogP contribution in [0.2, 0.25) is 5.02 Å². The Labute approximate surface area is 114 Å². The van der Waals surface area contributed by atoms with Gasteiger partial charge in [-0.2, -0.15) is 0 Å². The van der Waals surface area contributed by atoms with Crippen LogP contribution in [0.25, 0.3) is 0 Å². The minimum absolute atomic E-state index is 0.390. The number of benzene rings is 1. The molecule has 0 aromatic heterocycles. The van der Waals surface area contributed by atoms with Crippen LogP contribution in [0, 0.1) is 0 Å². The summed E-state index contributed by atoms with van der Waals surface area (Å²) >= 11 is 6.05. The summed E-state index contributed by atoms with van der Waals surface area (Å²) in [7, 11) is 1.83. The second kappa shape index (κ2) is 5.20. The van der Waals surface area contributed by atoms with Crippen molar-refractivity contribution in [3.63, 3.8) is 0 Å². The molecule has 0 radical (unpaired) electrons. The number of ether oxygens (including phenoxy) is 1. The van der Waals surface area contributed by atoms with E-state index in [-0.39, 0.29) is 0 Å². The summed E-state index contributed by atoms with van der Waals surface area (Å²) in [5.41, 5.74) is 2.84. The smallest absolute Gasteiger partial charge is 0.0724 e. The molecule has 3 heteroatoms. The van der Waals surface area contributed by atoms with E-state index in [2.05, 4.69) is 17.4 Å². The highest BCUT2D eigenvalue weighted by Crippen LogP contribution is 2.35. The maximum atomic E-state index is 6.05. The van der Waals surface area contributed by atoms with E-state index in [1.165, 1.54) is 36.8 Å². The molecule has 1 saturated carbocycles. The Morgan fingerprint density at radius 3 is 3.00 bits per heavy atom. The van der Waals surface area contributed by atoms with Gasteiger partial charge in [-0.15, -0.1) is 0 Å². The first-order valence-corrected chi connectivity index (χ1v) is 7.23. The number of hydrogen-bond acceptors (Lipinski definition) is 2. The van der Waals surface area contributed by atoms with Crippen LogP contribution in [0.5, 0.6) is 0 Å². The van der Waals surface area contributed by atoms with Crippen molar-refractivity contribution in [1.29, 1.82) is 0 Å². The molecule has 98 valence electrons. The lowest BCUT2D eigenvalue weighted by molar-refractivity contribution is 0.0812. The standard InChI is InChI=1S/C15H20ClNO/c1-18-15-4-2-3-14(15)17-13-8-5-10-9-11(16)6-7-12(10)13/h6-7,9,13-15,17H,2-5,8H2,1H3. The van der Waals surface area contributed by atoms with Gasteiger partial charge in [0.2, 0.25) is 0 Å². The highest BCUT2D eigenvalue weighted by atomic mass is 35.5. The van der Waals surface area contributed by atoms with E-state index >= 15 is 0 Å². The summed E-state index contributed by atoms with van der Waals surface area (Å²) in [6, 6.07) is 7.29. The van der Waals surface area contributed by atoms with Gasteiger partial charge in [-0.3, -0.25) is 0 Å². The topological polar surface area (TPSA) is 21.3 Å². The Morgan fingerprint density at radius 1 is 1.28 bits per heavy atom. The first-order chi connectivity index (χ1) is 8.78. The van der Waals surface area contributed by atoms with Gasteiger partial charge in [0, 0.05) is 24.2 Å². The van der Waals surface area contributed by atoms with Crippen LogP contribution in [0.4, 0.5) is 0 Å². The van der Waals surface area contributed by atoms with E-state index in [4.69, 9.17) is 16.3 Å². The van der Waals surface area contributed by atoms with Crippen molar-refractivity contribution in [3.05, 3.63) is 34.3 Å². The molecule has 0 heterocycles. The molecular weight excluding hydrogens is 246 g/mol. The quantitative estimate of drug-likeness (QED) is 0.903. The second-order valence-corrected chi connectivity index (χ2v) is 5.85. The number of fused-ring (bicyclic) bond motifs is 1. The Kier molecular flexibility index (Phi) is 3.60. The van der Waals surface area contributed by atoms with Crippen molar-refractivity contribution in [2.75, 3.05) is 7.11 Å². The molecule has 18 heavy (non-hydrogen) atoms. The Hall–Kier alpha value is -0.570. The fraction of sp³-hybridized carbons (Fsp3) is 0.600. The van der Waals surface area contributed by atoms with E-state index in [0.29, 0.717) is 18.2 Å². The van der Waals surface area contributed by atoms with Gasteiger partial charge < -0.3 is 10.1 Å². The molecule has 0 spiro atoms. The lowest BCUT2D eigenvalue weighted by Crippen LogP contribution is -2.38. The predicted octanol–water partition coefficient (Wildman–Crippen LogP) is 3.48. The molecule has 0 aliphatic heterocycles. The summed E-state index contributed by atoms with van der Waals surface area (Å²) < 4.78 is 5.56. The van der Waals surface area contributed by atoms with Crippen LogP contribution in [-0.4, -0.2) is 19.3 Å². The number of aryl methyl sites for hydroxylation is 1. The van der Waals surface area contributed by atoms with E-state index in [0.717, 1.165) is 11.4 Å². The van der Waals surface area contributed by atoms with Gasteiger partial charge in [-0.25, -0.2) is 0 Å². The highest BCUT2D eigenvalue weighted by Gasteiger charge is 2.31. The van der Waals surface area contributed by atoms with E-state index in [1.54, 1.807) is 0 Å². The van der Waals surface area contributed by atoms with E-state index in [1.807, 2.05) is 13.2 Å². The summed E-state index contributed by atoms with van der Waals surface area (Å²) in [4.78, 5) is 0. The summed E-state index contributed by atoms with van der Waals surface area (Å²) in [6.45, 7) is 0. The van der Waals surface area contributed by atoms with Crippen LogP contribution in [0.1, 0.15) is 42.9 Å². The zero-order valence-electron chi connectivity index (χ0n) is 10.8. The summed E-state index contributed by atoms with van der Waals surface area (Å²) in [5.74, 6) is 0. The number of rotatable bonds is 3. The molecule has 1 N–H and O–H groups in total. The van der Waals surface area contributed by atoms with Gasteiger partial charge in [-0.1, -0.05) is 17.7 Å². The summed E-state index contributed by atoms with van der Waals surface area (Å²) in [6.07, 6.45) is 6.41. The normalized spacial score (nSPS) is 30.7. The summed E-state index contributed by atoms with van der Waals surface area (Å²) in [5, 5.41) is 4.64. The molecule has 3 rings (SSSR count). The second-order valence-electron chi connectivity index (χ2n) is 5.41. The van der Waals surface area contributed by atoms with Gasteiger partial charge in [-0.05, 0) is 55.4 Å². The fourth-order valence-electron chi connectivity index (χ4n) is 3.42. The number of halogens is 1. The Morgan fingerprint density at radius 2 is 2.17 bits per heavy atom. The van der Waals surface area contributed by atoms with E-state index < -0.39 is 0 Å².